The zero-order valence-electron chi connectivity index (χ0n) is 15.6. The van der Waals surface area contributed by atoms with Crippen molar-refractivity contribution in [3.63, 3.8) is 0 Å². The van der Waals surface area contributed by atoms with E-state index < -0.39 is 21.5 Å². The predicted molar refractivity (Wildman–Crippen MR) is 118 cm³/mol. The van der Waals surface area contributed by atoms with Crippen molar-refractivity contribution in [2.24, 2.45) is 0 Å². The van der Waals surface area contributed by atoms with Gasteiger partial charge < -0.3 is 10.6 Å². The number of benzene rings is 2. The monoisotopic (exact) mass is 462 g/mol. The third-order valence-corrected chi connectivity index (χ3v) is 5.64. The largest absolute Gasteiger partial charge is 0.321 e. The fourth-order valence-electron chi connectivity index (χ4n) is 2.51. The number of nitrogens with one attached hydrogen (secondary N) is 3. The van der Waals surface area contributed by atoms with Crippen molar-refractivity contribution in [1.29, 1.82) is 4.78 Å². The minimum Gasteiger partial charge on any atom is -0.321 e. The van der Waals surface area contributed by atoms with E-state index in [-0.39, 0.29) is 22.6 Å². The van der Waals surface area contributed by atoms with Gasteiger partial charge in [0.25, 0.3) is 11.8 Å². The van der Waals surface area contributed by atoms with Gasteiger partial charge >= 0.3 is 0 Å². The number of aromatic nitrogens is 1. The molecule has 2 aromatic carbocycles. The number of pyridine rings is 1. The van der Waals surface area contributed by atoms with E-state index in [9.17, 15) is 13.8 Å². The second-order valence-corrected chi connectivity index (χ2v) is 9.36. The molecule has 7 nitrogen and oxygen atoms in total. The zero-order valence-corrected chi connectivity index (χ0v) is 17.9. The molecule has 0 aliphatic heterocycles. The molecule has 0 saturated carbocycles. The Labute approximate surface area is 183 Å². The molecule has 30 heavy (non-hydrogen) atoms. The average Bonchev–Trinajstić information content (AvgIpc) is 2.70. The molecular formula is C20H16Cl2N4O3S. The van der Waals surface area contributed by atoms with Crippen molar-refractivity contribution < 1.29 is 13.8 Å². The molecule has 0 radical (unpaired) electrons. The summed E-state index contributed by atoms with van der Waals surface area (Å²) in [7, 11) is -2.87. The first-order valence-electron chi connectivity index (χ1n) is 8.51. The van der Waals surface area contributed by atoms with Crippen LogP contribution in [0.2, 0.25) is 10.0 Å². The first-order valence-corrected chi connectivity index (χ1v) is 11.2. The summed E-state index contributed by atoms with van der Waals surface area (Å²) in [5, 5.41) is 6.04. The van der Waals surface area contributed by atoms with Crippen molar-refractivity contribution in [2.75, 3.05) is 16.9 Å². The lowest BCUT2D eigenvalue weighted by Crippen LogP contribution is -2.18. The minimum absolute atomic E-state index is 0.145. The van der Waals surface area contributed by atoms with Gasteiger partial charge in [-0.15, -0.1) is 0 Å². The molecule has 1 unspecified atom stereocenters. The van der Waals surface area contributed by atoms with Crippen LogP contribution < -0.4 is 10.6 Å². The molecule has 1 heterocycles. The molecule has 2 amide bonds. The summed E-state index contributed by atoms with van der Waals surface area (Å²) in [6.45, 7) is 0. The molecule has 3 aromatic rings. The van der Waals surface area contributed by atoms with Crippen LogP contribution in [0.25, 0.3) is 0 Å². The van der Waals surface area contributed by atoms with E-state index in [1.54, 1.807) is 18.2 Å². The molecule has 0 spiro atoms. The number of nitrogens with zero attached hydrogens (tertiary/aromatic N) is 1. The molecule has 0 aliphatic rings. The van der Waals surface area contributed by atoms with Crippen LogP contribution in [-0.4, -0.2) is 27.3 Å². The zero-order chi connectivity index (χ0) is 21.9. The third kappa shape index (κ3) is 5.35. The molecule has 154 valence electrons. The number of carbonyl (C=O) groups is 2. The lowest BCUT2D eigenvalue weighted by Gasteiger charge is -2.12. The molecule has 3 N–H and O–H groups in total. The Morgan fingerprint density at radius 2 is 1.60 bits per heavy atom. The van der Waals surface area contributed by atoms with Crippen LogP contribution in [0, 0.1) is 4.78 Å². The minimum atomic E-state index is -2.87. The van der Waals surface area contributed by atoms with Gasteiger partial charge in [0.2, 0.25) is 0 Å². The van der Waals surface area contributed by atoms with Gasteiger partial charge in [0, 0.05) is 27.9 Å². The number of rotatable bonds is 5. The van der Waals surface area contributed by atoms with Crippen LogP contribution in [0.4, 0.5) is 11.5 Å². The highest BCUT2D eigenvalue weighted by molar-refractivity contribution is 7.91. The van der Waals surface area contributed by atoms with Gasteiger partial charge in [0.05, 0.1) is 26.0 Å². The Hall–Kier alpha value is -2.94. The van der Waals surface area contributed by atoms with Gasteiger partial charge in [-0.25, -0.2) is 14.0 Å². The van der Waals surface area contributed by atoms with Crippen LogP contribution in [0.3, 0.4) is 0 Å². The highest BCUT2D eigenvalue weighted by atomic mass is 35.5. The van der Waals surface area contributed by atoms with Gasteiger partial charge in [-0.3, -0.25) is 9.59 Å². The second kappa shape index (κ2) is 8.83. The fourth-order valence-corrected chi connectivity index (χ4v) is 3.45. The summed E-state index contributed by atoms with van der Waals surface area (Å²) in [5.74, 6) is -0.705. The number of amides is 2. The maximum Gasteiger partial charge on any atom is 0.258 e. The van der Waals surface area contributed by atoms with E-state index in [2.05, 4.69) is 15.6 Å². The lowest BCUT2D eigenvalue weighted by atomic mass is 10.1. The van der Waals surface area contributed by atoms with Crippen LogP contribution in [-0.2, 0) is 9.73 Å². The second-order valence-electron chi connectivity index (χ2n) is 6.33. The normalized spacial score (nSPS) is 12.6. The smallest absolute Gasteiger partial charge is 0.258 e. The molecule has 0 aliphatic carbocycles. The Morgan fingerprint density at radius 1 is 0.933 bits per heavy atom. The topological polar surface area (TPSA) is 112 Å². The van der Waals surface area contributed by atoms with Gasteiger partial charge in [0.1, 0.15) is 5.82 Å². The van der Waals surface area contributed by atoms with Crippen LogP contribution in [0.15, 0.2) is 65.7 Å². The maximum absolute atomic E-state index is 12.7. The Kier molecular flexibility index (Phi) is 6.40. The highest BCUT2D eigenvalue weighted by Crippen LogP contribution is 2.23. The molecule has 0 bridgehead atoms. The van der Waals surface area contributed by atoms with Crippen LogP contribution >= 0.6 is 23.2 Å². The third-order valence-electron chi connectivity index (χ3n) is 4.01. The number of anilines is 2. The number of hydrogen-bond acceptors (Lipinski definition) is 5. The number of hydrogen-bond donors (Lipinski definition) is 3. The summed E-state index contributed by atoms with van der Waals surface area (Å²) in [6, 6.07) is 13.5. The predicted octanol–water partition coefficient (Wildman–Crippen LogP) is 4.93. The number of carbonyl (C=O) groups excluding carboxylic acids is 2. The van der Waals surface area contributed by atoms with Crippen molar-refractivity contribution in [1.82, 2.24) is 4.98 Å². The Balaban J connectivity index is 1.83. The Morgan fingerprint density at radius 3 is 2.20 bits per heavy atom. The molecule has 1 atom stereocenters. The molecule has 0 saturated heterocycles. The van der Waals surface area contributed by atoms with E-state index >= 15 is 0 Å². The summed E-state index contributed by atoms with van der Waals surface area (Å²) in [6.07, 6.45) is 2.70. The van der Waals surface area contributed by atoms with Crippen molar-refractivity contribution in [3.05, 3.63) is 82.0 Å². The maximum atomic E-state index is 12.7. The standard InChI is InChI=1S/C20H16Cl2N4O3S/c1-30(23,29)15-6-2-12(3-7-15)19(27)25-17-8-4-13(21)10-16(17)20(28)26-18-9-5-14(22)11-24-18/h2-11,23H,1H3,(H,25,27)(H,24,26,28). The average molecular weight is 463 g/mol. The Bertz CT molecular complexity index is 1210. The fraction of sp³-hybridized carbons (Fsp3) is 0.0500. The summed E-state index contributed by atoms with van der Waals surface area (Å²) >= 11 is 11.8. The van der Waals surface area contributed by atoms with E-state index in [0.717, 1.165) is 0 Å². The summed E-state index contributed by atoms with van der Waals surface area (Å²) in [4.78, 5) is 29.6. The number of halogens is 2. The van der Waals surface area contributed by atoms with Gasteiger partial charge in [-0.05, 0) is 54.6 Å². The van der Waals surface area contributed by atoms with E-state index in [0.29, 0.717) is 14.9 Å². The van der Waals surface area contributed by atoms with Crippen molar-refractivity contribution >= 4 is 56.3 Å². The molecule has 1 aromatic heterocycles. The summed E-state index contributed by atoms with van der Waals surface area (Å²) < 4.78 is 19.4. The first kappa shape index (κ1) is 21.8. The molecule has 0 fully saturated rings. The lowest BCUT2D eigenvalue weighted by molar-refractivity contribution is 0.102. The van der Waals surface area contributed by atoms with Gasteiger partial charge in [-0.2, -0.15) is 0 Å². The quantitative estimate of drug-likeness (QED) is 0.498. The van der Waals surface area contributed by atoms with Crippen molar-refractivity contribution in [3.8, 4) is 0 Å². The van der Waals surface area contributed by atoms with Crippen molar-refractivity contribution in [2.45, 2.75) is 4.90 Å². The summed E-state index contributed by atoms with van der Waals surface area (Å²) in [5.41, 5.74) is 0.676. The SMILES string of the molecule is CS(=N)(=O)c1ccc(C(=O)Nc2ccc(Cl)cc2C(=O)Nc2ccc(Cl)cn2)cc1. The molecular weight excluding hydrogens is 447 g/mol. The van der Waals surface area contributed by atoms with Gasteiger partial charge in [0.15, 0.2) is 0 Å². The van der Waals surface area contributed by atoms with Crippen LogP contribution in [0.1, 0.15) is 20.7 Å². The molecule has 10 heteroatoms. The molecule has 3 rings (SSSR count). The van der Waals surface area contributed by atoms with E-state index in [1.165, 1.54) is 48.9 Å². The van der Waals surface area contributed by atoms with Gasteiger partial charge in [-0.1, -0.05) is 23.2 Å². The first-order chi connectivity index (χ1) is 14.1. The highest BCUT2D eigenvalue weighted by Gasteiger charge is 2.16. The van der Waals surface area contributed by atoms with Crippen LogP contribution in [0.5, 0.6) is 0 Å². The van der Waals surface area contributed by atoms with E-state index in [1.807, 2.05) is 0 Å². The van der Waals surface area contributed by atoms with E-state index in [4.69, 9.17) is 28.0 Å².